The Hall–Kier alpha value is 0.390. The van der Waals surface area contributed by atoms with Crippen LogP contribution in [0.5, 0.6) is 0 Å². The number of hydrogen-bond acceptors (Lipinski definition) is 4. The largest absolute Gasteiger partial charge is 1.00 e. The molecule has 0 spiro atoms. The summed E-state index contributed by atoms with van der Waals surface area (Å²) in [4.78, 5) is 15.2. The van der Waals surface area contributed by atoms with Crippen LogP contribution in [0.3, 0.4) is 0 Å². The number of carbonyl (C=O) groups excluding carboxylic acids is 1. The summed E-state index contributed by atoms with van der Waals surface area (Å²) >= 11 is 0. The molecule has 0 bridgehead atoms. The van der Waals surface area contributed by atoms with Crippen molar-refractivity contribution in [1.82, 2.24) is 9.80 Å². The molecule has 1 aliphatic heterocycles. The SMILES string of the molecule is CC1(C)CC(CN2CCN(CC(=O)[O-])CC2)CC(C)(C)C1.[Na+]. The van der Waals surface area contributed by atoms with Crippen LogP contribution in [-0.2, 0) is 4.79 Å². The van der Waals surface area contributed by atoms with Gasteiger partial charge in [-0.3, -0.25) is 4.90 Å². The van der Waals surface area contributed by atoms with Gasteiger partial charge in [0.2, 0.25) is 0 Å². The minimum atomic E-state index is -0.959. The quantitative estimate of drug-likeness (QED) is 0.575. The van der Waals surface area contributed by atoms with E-state index >= 15 is 0 Å². The Bertz CT molecular complexity index is 361. The van der Waals surface area contributed by atoms with Gasteiger partial charge in [0.1, 0.15) is 0 Å². The van der Waals surface area contributed by atoms with Crippen molar-refractivity contribution in [3.8, 4) is 0 Å². The Morgan fingerprint density at radius 3 is 1.91 bits per heavy atom. The first-order valence-electron chi connectivity index (χ1n) is 8.30. The van der Waals surface area contributed by atoms with Crippen molar-refractivity contribution in [2.75, 3.05) is 39.3 Å². The van der Waals surface area contributed by atoms with E-state index in [-0.39, 0.29) is 36.1 Å². The van der Waals surface area contributed by atoms with E-state index in [4.69, 9.17) is 0 Å². The van der Waals surface area contributed by atoms with Gasteiger partial charge in [0, 0.05) is 39.3 Å². The van der Waals surface area contributed by atoms with Crippen LogP contribution in [0.2, 0.25) is 0 Å². The van der Waals surface area contributed by atoms with Crippen molar-refractivity contribution < 1.29 is 39.5 Å². The third-order valence-corrected chi connectivity index (χ3v) is 4.97. The van der Waals surface area contributed by atoms with Crippen LogP contribution in [0.15, 0.2) is 0 Å². The zero-order valence-corrected chi connectivity index (χ0v) is 17.2. The van der Waals surface area contributed by atoms with Crippen molar-refractivity contribution in [2.45, 2.75) is 47.0 Å². The summed E-state index contributed by atoms with van der Waals surface area (Å²) in [7, 11) is 0. The summed E-state index contributed by atoms with van der Waals surface area (Å²) in [5.41, 5.74) is 0.895. The third-order valence-electron chi connectivity index (χ3n) is 4.97. The normalized spacial score (nSPS) is 26.4. The molecule has 0 aromatic carbocycles. The van der Waals surface area contributed by atoms with Gasteiger partial charge < -0.3 is 14.8 Å². The van der Waals surface area contributed by atoms with Crippen LogP contribution < -0.4 is 34.7 Å². The molecule has 0 radical (unpaired) electrons. The maximum absolute atomic E-state index is 10.6. The number of carbonyl (C=O) groups is 1. The number of carboxylic acid groups (broad SMARTS) is 1. The van der Waals surface area contributed by atoms with E-state index in [0.717, 1.165) is 32.1 Å². The summed E-state index contributed by atoms with van der Waals surface area (Å²) in [5.74, 6) is -0.185. The predicted octanol–water partition coefficient (Wildman–Crippen LogP) is -1.79. The number of hydrogen-bond donors (Lipinski definition) is 0. The van der Waals surface area contributed by atoms with Crippen molar-refractivity contribution in [1.29, 1.82) is 0 Å². The summed E-state index contributed by atoms with van der Waals surface area (Å²) < 4.78 is 0. The van der Waals surface area contributed by atoms with Gasteiger partial charge in [0.15, 0.2) is 0 Å². The van der Waals surface area contributed by atoms with Gasteiger partial charge in [0.25, 0.3) is 0 Å². The summed E-state index contributed by atoms with van der Waals surface area (Å²) in [6, 6.07) is 0. The van der Waals surface area contributed by atoms with Crippen molar-refractivity contribution in [3.05, 3.63) is 0 Å². The molecule has 2 aliphatic rings. The monoisotopic (exact) mass is 318 g/mol. The second-order valence-electron chi connectivity index (χ2n) is 8.73. The zero-order chi connectivity index (χ0) is 15.7. The second kappa shape index (κ2) is 7.98. The summed E-state index contributed by atoms with van der Waals surface area (Å²) in [5, 5.41) is 10.6. The molecule has 2 rings (SSSR count). The van der Waals surface area contributed by atoms with Gasteiger partial charge in [-0.15, -0.1) is 0 Å². The maximum atomic E-state index is 10.6. The van der Waals surface area contributed by atoms with Gasteiger partial charge >= 0.3 is 29.6 Å². The number of piperazine rings is 1. The fourth-order valence-corrected chi connectivity index (χ4v) is 4.88. The molecule has 1 aliphatic carbocycles. The molecule has 1 saturated carbocycles. The van der Waals surface area contributed by atoms with Crippen LogP contribution >= 0.6 is 0 Å². The molecule has 5 heteroatoms. The third kappa shape index (κ3) is 6.48. The van der Waals surface area contributed by atoms with Crippen LogP contribution in [-0.4, -0.2) is 55.0 Å². The molecule has 122 valence electrons. The molecule has 0 atom stereocenters. The molecule has 1 heterocycles. The molecular formula is C17H31N2NaO2. The van der Waals surface area contributed by atoms with E-state index in [1.165, 1.54) is 25.8 Å². The minimum Gasteiger partial charge on any atom is -0.549 e. The minimum absolute atomic E-state index is 0. The average Bonchev–Trinajstić information content (AvgIpc) is 2.26. The molecule has 1 saturated heterocycles. The van der Waals surface area contributed by atoms with Gasteiger partial charge in [-0.2, -0.15) is 0 Å². The average molecular weight is 318 g/mol. The molecule has 0 amide bonds. The predicted molar refractivity (Wildman–Crippen MR) is 82.8 cm³/mol. The second-order valence-corrected chi connectivity index (χ2v) is 8.73. The molecule has 0 unspecified atom stereocenters. The van der Waals surface area contributed by atoms with Crippen LogP contribution in [0.4, 0.5) is 0 Å². The molecular weight excluding hydrogens is 287 g/mol. The van der Waals surface area contributed by atoms with E-state index in [0.29, 0.717) is 10.8 Å². The van der Waals surface area contributed by atoms with Crippen LogP contribution in [0.1, 0.15) is 47.0 Å². The van der Waals surface area contributed by atoms with Gasteiger partial charge in [0.05, 0.1) is 5.97 Å². The van der Waals surface area contributed by atoms with Crippen LogP contribution in [0, 0.1) is 16.7 Å². The van der Waals surface area contributed by atoms with E-state index < -0.39 is 5.97 Å². The Kier molecular flexibility index (Phi) is 7.41. The Morgan fingerprint density at radius 1 is 1.00 bits per heavy atom. The van der Waals surface area contributed by atoms with Gasteiger partial charge in [-0.25, -0.2) is 0 Å². The fraction of sp³-hybridized carbons (Fsp3) is 0.941. The first-order valence-corrected chi connectivity index (χ1v) is 8.30. The Labute approximate surface area is 157 Å². The van der Waals surface area contributed by atoms with E-state index in [1.54, 1.807) is 0 Å². The molecule has 0 aromatic rings. The van der Waals surface area contributed by atoms with Crippen molar-refractivity contribution in [3.63, 3.8) is 0 Å². The molecule has 0 aromatic heterocycles. The first-order chi connectivity index (χ1) is 9.65. The Morgan fingerprint density at radius 2 is 1.45 bits per heavy atom. The summed E-state index contributed by atoms with van der Waals surface area (Å²) in [6.07, 6.45) is 3.95. The Balaban J connectivity index is 0.00000242. The standard InChI is InChI=1S/C17H32N2O2.Na/c1-16(2)9-14(10-17(3,4)13-16)11-18-5-7-19(8-6-18)12-15(20)21;/h14H,5-13H2,1-4H3,(H,20,21);/q;+1/p-1. The fourth-order valence-electron chi connectivity index (χ4n) is 4.88. The zero-order valence-electron chi connectivity index (χ0n) is 15.2. The molecule has 2 fully saturated rings. The molecule has 0 N–H and O–H groups in total. The number of aliphatic carboxylic acids is 1. The van der Waals surface area contributed by atoms with E-state index in [1.807, 2.05) is 4.90 Å². The van der Waals surface area contributed by atoms with Crippen molar-refractivity contribution >= 4 is 5.97 Å². The number of carboxylic acids is 1. The van der Waals surface area contributed by atoms with Crippen LogP contribution in [0.25, 0.3) is 0 Å². The van der Waals surface area contributed by atoms with Gasteiger partial charge in [-0.1, -0.05) is 27.7 Å². The first kappa shape index (κ1) is 20.4. The van der Waals surface area contributed by atoms with E-state index in [2.05, 4.69) is 32.6 Å². The topological polar surface area (TPSA) is 46.6 Å². The molecule has 22 heavy (non-hydrogen) atoms. The van der Waals surface area contributed by atoms with Gasteiger partial charge in [-0.05, 0) is 36.0 Å². The smallest absolute Gasteiger partial charge is 0.549 e. The van der Waals surface area contributed by atoms with E-state index in [9.17, 15) is 9.90 Å². The maximum Gasteiger partial charge on any atom is 1.00 e. The summed E-state index contributed by atoms with van der Waals surface area (Å²) in [6.45, 7) is 14.6. The molecule has 4 nitrogen and oxygen atoms in total. The van der Waals surface area contributed by atoms with Crippen molar-refractivity contribution in [2.24, 2.45) is 16.7 Å². The number of rotatable bonds is 4. The number of nitrogens with zero attached hydrogens (tertiary/aromatic N) is 2.